The van der Waals surface area contributed by atoms with Crippen molar-refractivity contribution in [3.8, 4) is 0 Å². The SMILES string of the molecule is CC(=O)N1CCC[C@H](NC(=O)Cc2c[nH]c3cc(F)ccc23)C1. The van der Waals surface area contributed by atoms with E-state index in [1.165, 1.54) is 12.1 Å². The summed E-state index contributed by atoms with van der Waals surface area (Å²) in [5.74, 6) is -0.338. The molecule has 1 aliphatic heterocycles. The second kappa shape index (κ2) is 6.40. The maximum absolute atomic E-state index is 13.2. The molecule has 23 heavy (non-hydrogen) atoms. The Morgan fingerprint density at radius 2 is 2.26 bits per heavy atom. The van der Waals surface area contributed by atoms with Crippen molar-refractivity contribution in [2.24, 2.45) is 0 Å². The Bertz CT molecular complexity index is 741. The van der Waals surface area contributed by atoms with Crippen LogP contribution in [0.15, 0.2) is 24.4 Å². The van der Waals surface area contributed by atoms with Gasteiger partial charge < -0.3 is 15.2 Å². The number of halogens is 1. The Hall–Kier alpha value is -2.37. The largest absolute Gasteiger partial charge is 0.361 e. The summed E-state index contributed by atoms with van der Waals surface area (Å²) in [6.45, 7) is 2.88. The normalized spacial score (nSPS) is 18.2. The fourth-order valence-electron chi connectivity index (χ4n) is 3.14. The number of benzene rings is 1. The van der Waals surface area contributed by atoms with Gasteiger partial charge in [-0.25, -0.2) is 4.39 Å². The first-order valence-electron chi connectivity index (χ1n) is 7.83. The van der Waals surface area contributed by atoms with Crippen LogP contribution in [0.3, 0.4) is 0 Å². The lowest BCUT2D eigenvalue weighted by Crippen LogP contribution is -2.49. The van der Waals surface area contributed by atoms with Crippen LogP contribution in [-0.2, 0) is 16.0 Å². The molecule has 0 saturated carbocycles. The summed E-state index contributed by atoms with van der Waals surface area (Å²) < 4.78 is 13.2. The van der Waals surface area contributed by atoms with Gasteiger partial charge in [-0.2, -0.15) is 0 Å². The van der Waals surface area contributed by atoms with Gasteiger partial charge in [-0.05, 0) is 36.6 Å². The number of piperidine rings is 1. The van der Waals surface area contributed by atoms with E-state index in [1.54, 1.807) is 24.1 Å². The molecule has 1 aromatic heterocycles. The number of aromatic nitrogens is 1. The molecule has 0 radical (unpaired) electrons. The van der Waals surface area contributed by atoms with E-state index >= 15 is 0 Å². The topological polar surface area (TPSA) is 65.2 Å². The van der Waals surface area contributed by atoms with Gasteiger partial charge in [-0.1, -0.05) is 0 Å². The highest BCUT2D eigenvalue weighted by atomic mass is 19.1. The van der Waals surface area contributed by atoms with E-state index < -0.39 is 0 Å². The van der Waals surface area contributed by atoms with Crippen molar-refractivity contribution in [2.45, 2.75) is 32.2 Å². The Balaban J connectivity index is 1.63. The number of fused-ring (bicyclic) bond motifs is 1. The molecular weight excluding hydrogens is 297 g/mol. The van der Waals surface area contributed by atoms with E-state index in [-0.39, 0.29) is 30.1 Å². The number of aromatic amines is 1. The summed E-state index contributed by atoms with van der Waals surface area (Å²) in [5.41, 5.74) is 1.53. The maximum Gasteiger partial charge on any atom is 0.224 e. The molecule has 1 fully saturated rings. The van der Waals surface area contributed by atoms with Crippen LogP contribution in [0.1, 0.15) is 25.3 Å². The molecule has 0 bridgehead atoms. The van der Waals surface area contributed by atoms with Crippen LogP contribution in [0.2, 0.25) is 0 Å². The van der Waals surface area contributed by atoms with E-state index in [0.29, 0.717) is 12.1 Å². The lowest BCUT2D eigenvalue weighted by Gasteiger charge is -2.32. The minimum absolute atomic E-state index is 0.00259. The number of H-pyrrole nitrogens is 1. The molecule has 0 aliphatic carbocycles. The van der Waals surface area contributed by atoms with E-state index in [0.717, 1.165) is 30.3 Å². The molecule has 0 unspecified atom stereocenters. The molecule has 2 aromatic rings. The molecular formula is C17H20FN3O2. The third-order valence-electron chi connectivity index (χ3n) is 4.31. The van der Waals surface area contributed by atoms with Crippen molar-refractivity contribution in [3.63, 3.8) is 0 Å². The lowest BCUT2D eigenvalue weighted by atomic mass is 10.0. The second-order valence-electron chi connectivity index (χ2n) is 6.05. The van der Waals surface area contributed by atoms with Crippen molar-refractivity contribution >= 4 is 22.7 Å². The molecule has 2 N–H and O–H groups in total. The van der Waals surface area contributed by atoms with Gasteiger partial charge in [0.15, 0.2) is 0 Å². The first-order chi connectivity index (χ1) is 11.0. The number of likely N-dealkylation sites (tertiary alicyclic amines) is 1. The third kappa shape index (κ3) is 3.52. The quantitative estimate of drug-likeness (QED) is 0.909. The van der Waals surface area contributed by atoms with Crippen molar-refractivity contribution in [3.05, 3.63) is 35.8 Å². The highest BCUT2D eigenvalue weighted by Gasteiger charge is 2.23. The molecule has 122 valence electrons. The molecule has 0 spiro atoms. The summed E-state index contributed by atoms with van der Waals surface area (Å²) in [5, 5.41) is 3.85. The monoisotopic (exact) mass is 317 g/mol. The van der Waals surface area contributed by atoms with Gasteiger partial charge in [0.25, 0.3) is 0 Å². The number of amides is 2. The molecule has 1 aromatic carbocycles. The Kier molecular flexibility index (Phi) is 4.32. The van der Waals surface area contributed by atoms with Gasteiger partial charge in [-0.15, -0.1) is 0 Å². The zero-order chi connectivity index (χ0) is 16.4. The van der Waals surface area contributed by atoms with E-state index in [9.17, 15) is 14.0 Å². The highest BCUT2D eigenvalue weighted by molar-refractivity contribution is 5.89. The predicted molar refractivity (Wildman–Crippen MR) is 85.4 cm³/mol. The van der Waals surface area contributed by atoms with Gasteiger partial charge >= 0.3 is 0 Å². The number of carbonyl (C=O) groups is 2. The first kappa shape index (κ1) is 15.5. The summed E-state index contributed by atoms with van der Waals surface area (Å²) in [7, 11) is 0. The summed E-state index contributed by atoms with van der Waals surface area (Å²) in [6.07, 6.45) is 3.76. The molecule has 3 rings (SSSR count). The van der Waals surface area contributed by atoms with Crippen molar-refractivity contribution in [1.82, 2.24) is 15.2 Å². The second-order valence-corrected chi connectivity index (χ2v) is 6.05. The van der Waals surface area contributed by atoms with Crippen molar-refractivity contribution < 1.29 is 14.0 Å². The van der Waals surface area contributed by atoms with Crippen LogP contribution in [0, 0.1) is 5.82 Å². The number of hydrogen-bond acceptors (Lipinski definition) is 2. The van der Waals surface area contributed by atoms with Crippen LogP contribution in [0.4, 0.5) is 4.39 Å². The number of carbonyl (C=O) groups excluding carboxylic acids is 2. The van der Waals surface area contributed by atoms with Crippen LogP contribution in [0.5, 0.6) is 0 Å². The van der Waals surface area contributed by atoms with Gasteiger partial charge in [0, 0.05) is 43.2 Å². The van der Waals surface area contributed by atoms with E-state index in [1.807, 2.05) is 0 Å². The summed E-state index contributed by atoms with van der Waals surface area (Å²) in [4.78, 5) is 28.5. The van der Waals surface area contributed by atoms with Crippen LogP contribution in [0.25, 0.3) is 10.9 Å². The number of rotatable bonds is 3. The lowest BCUT2D eigenvalue weighted by molar-refractivity contribution is -0.131. The van der Waals surface area contributed by atoms with Gasteiger partial charge in [0.2, 0.25) is 11.8 Å². The molecule has 1 saturated heterocycles. The van der Waals surface area contributed by atoms with Gasteiger partial charge in [-0.3, -0.25) is 9.59 Å². The number of nitrogens with one attached hydrogen (secondary N) is 2. The minimum Gasteiger partial charge on any atom is -0.361 e. The Labute approximate surface area is 133 Å². The Morgan fingerprint density at radius 3 is 3.04 bits per heavy atom. The average Bonchev–Trinajstić information content (AvgIpc) is 2.89. The van der Waals surface area contributed by atoms with E-state index in [2.05, 4.69) is 10.3 Å². The molecule has 6 heteroatoms. The fourth-order valence-corrected chi connectivity index (χ4v) is 3.14. The fraction of sp³-hybridized carbons (Fsp3) is 0.412. The van der Waals surface area contributed by atoms with Gasteiger partial charge in [0.1, 0.15) is 5.82 Å². The number of nitrogens with zero attached hydrogens (tertiary/aromatic N) is 1. The van der Waals surface area contributed by atoms with Crippen molar-refractivity contribution in [2.75, 3.05) is 13.1 Å². The highest BCUT2D eigenvalue weighted by Crippen LogP contribution is 2.20. The standard InChI is InChI=1S/C17H20FN3O2/c1-11(22)21-6-2-3-14(10-21)20-17(23)7-12-9-19-16-8-13(18)4-5-15(12)16/h4-5,8-9,14,19H,2-3,6-7,10H2,1H3,(H,20,23)/t14-/m0/s1. The molecule has 1 atom stereocenters. The zero-order valence-corrected chi connectivity index (χ0v) is 13.1. The molecule has 1 aliphatic rings. The maximum atomic E-state index is 13.2. The molecule has 2 amide bonds. The molecule has 5 nitrogen and oxygen atoms in total. The van der Waals surface area contributed by atoms with Crippen LogP contribution in [-0.4, -0.2) is 40.8 Å². The Morgan fingerprint density at radius 1 is 1.43 bits per heavy atom. The van der Waals surface area contributed by atoms with Crippen molar-refractivity contribution in [1.29, 1.82) is 0 Å². The average molecular weight is 317 g/mol. The first-order valence-corrected chi connectivity index (χ1v) is 7.83. The minimum atomic E-state index is -0.304. The summed E-state index contributed by atoms with van der Waals surface area (Å²) in [6, 6.07) is 4.50. The smallest absolute Gasteiger partial charge is 0.224 e. The van der Waals surface area contributed by atoms with Crippen LogP contribution < -0.4 is 5.32 Å². The van der Waals surface area contributed by atoms with E-state index in [4.69, 9.17) is 0 Å². The molecule has 2 heterocycles. The third-order valence-corrected chi connectivity index (χ3v) is 4.31. The van der Waals surface area contributed by atoms with Gasteiger partial charge in [0.05, 0.1) is 6.42 Å². The number of hydrogen-bond donors (Lipinski definition) is 2. The predicted octanol–water partition coefficient (Wildman–Crippen LogP) is 1.98. The zero-order valence-electron chi connectivity index (χ0n) is 13.1. The summed E-state index contributed by atoms with van der Waals surface area (Å²) >= 11 is 0. The van der Waals surface area contributed by atoms with Crippen LogP contribution >= 0.6 is 0 Å².